The van der Waals surface area contributed by atoms with E-state index in [-0.39, 0.29) is 23.3 Å². The van der Waals surface area contributed by atoms with E-state index in [4.69, 9.17) is 18.9 Å². The molecule has 0 aliphatic rings. The molecule has 0 aliphatic heterocycles. The lowest BCUT2D eigenvalue weighted by molar-refractivity contribution is 0.000583. The minimum absolute atomic E-state index is 0.137. The van der Waals surface area contributed by atoms with Gasteiger partial charge in [-0.05, 0) is 55.7 Å². The van der Waals surface area contributed by atoms with Crippen LogP contribution < -0.4 is 0 Å². The van der Waals surface area contributed by atoms with Gasteiger partial charge in [0.25, 0.3) is 0 Å². The molecule has 0 radical (unpaired) electrons. The second kappa shape index (κ2) is 22.7. The number of hydrogen-bond donors (Lipinski definition) is 2. The van der Waals surface area contributed by atoms with Gasteiger partial charge in [0, 0.05) is 13.2 Å². The van der Waals surface area contributed by atoms with Crippen LogP contribution in [0.4, 0.5) is 0 Å². The Kier molecular flexibility index (Phi) is 20.4. The molecule has 0 saturated carbocycles. The quantitative estimate of drug-likeness (QED) is 0.116. The summed E-state index contributed by atoms with van der Waals surface area (Å²) in [6, 6.07) is 3.12. The van der Waals surface area contributed by atoms with Gasteiger partial charge in [-0.2, -0.15) is 0 Å². The van der Waals surface area contributed by atoms with Crippen LogP contribution in [-0.2, 0) is 31.8 Å². The molecular formula is C32H54O8. The molecule has 1 aromatic rings. The number of ether oxygens (including phenoxy) is 4. The second-order valence-electron chi connectivity index (χ2n) is 10.3. The van der Waals surface area contributed by atoms with E-state index < -0.39 is 11.9 Å². The molecule has 8 nitrogen and oxygen atoms in total. The summed E-state index contributed by atoms with van der Waals surface area (Å²) in [7, 11) is 0. The predicted octanol–water partition coefficient (Wildman–Crippen LogP) is 6.95. The summed E-state index contributed by atoms with van der Waals surface area (Å²) >= 11 is 0. The molecule has 40 heavy (non-hydrogen) atoms. The molecule has 0 heterocycles. The van der Waals surface area contributed by atoms with Crippen LogP contribution in [0.3, 0.4) is 0 Å². The number of unbranched alkanes of at least 4 members (excludes halogenated alkanes) is 6. The Morgan fingerprint density at radius 2 is 1.18 bits per heavy atom. The molecule has 2 N–H and O–H groups in total. The zero-order valence-corrected chi connectivity index (χ0v) is 25.4. The zero-order valence-electron chi connectivity index (χ0n) is 25.4. The maximum atomic E-state index is 12.3. The minimum Gasteiger partial charge on any atom is -0.478 e. The van der Waals surface area contributed by atoms with Gasteiger partial charge < -0.3 is 29.2 Å². The highest BCUT2D eigenvalue weighted by Crippen LogP contribution is 2.26. The lowest BCUT2D eigenvalue weighted by atomic mass is 9.88. The number of aromatic carboxylic acids is 2. The molecule has 0 aliphatic carbocycles. The van der Waals surface area contributed by atoms with Gasteiger partial charge in [-0.3, -0.25) is 0 Å². The largest absolute Gasteiger partial charge is 0.478 e. The lowest BCUT2D eigenvalue weighted by Gasteiger charge is -2.23. The standard InChI is InChI=1S/C32H54O8/c1-5-9-11-13-17-37-19-21-39-26(7-3)23-25-15-16-28(31(33)34)30(32(35)36)29(25)24-27(8-4)40-22-20-38-18-14-12-10-6-2/h15-16,26-27H,5-14,17-24H2,1-4H3,(H,33,34)(H,35,36). The van der Waals surface area contributed by atoms with Crippen LogP contribution in [0.25, 0.3) is 0 Å². The van der Waals surface area contributed by atoms with Crippen molar-refractivity contribution < 1.29 is 38.7 Å². The summed E-state index contributed by atoms with van der Waals surface area (Å²) in [4.78, 5) is 24.2. The summed E-state index contributed by atoms with van der Waals surface area (Å²) in [6.45, 7) is 11.7. The SMILES string of the molecule is CCCCCCOCCOC(CC)Cc1ccc(C(=O)O)c(C(=O)O)c1CC(CC)OCCOCCCCCC. The third-order valence-electron chi connectivity index (χ3n) is 7.09. The van der Waals surface area contributed by atoms with Crippen LogP contribution in [0.1, 0.15) is 124 Å². The van der Waals surface area contributed by atoms with Crippen molar-refractivity contribution in [1.29, 1.82) is 0 Å². The third-order valence-corrected chi connectivity index (χ3v) is 7.09. The summed E-state index contributed by atoms with van der Waals surface area (Å²) in [5.74, 6) is -2.50. The fourth-order valence-electron chi connectivity index (χ4n) is 4.67. The van der Waals surface area contributed by atoms with Crippen molar-refractivity contribution in [2.45, 2.75) is 117 Å². The molecule has 0 bridgehead atoms. The molecular weight excluding hydrogens is 512 g/mol. The molecule has 0 fully saturated rings. The van der Waals surface area contributed by atoms with Crippen LogP contribution in [0.5, 0.6) is 0 Å². The van der Waals surface area contributed by atoms with Crippen molar-refractivity contribution in [3.05, 3.63) is 34.4 Å². The van der Waals surface area contributed by atoms with Gasteiger partial charge in [0.15, 0.2) is 0 Å². The molecule has 0 spiro atoms. The molecule has 2 atom stereocenters. The van der Waals surface area contributed by atoms with Gasteiger partial charge in [-0.1, -0.05) is 72.3 Å². The van der Waals surface area contributed by atoms with Gasteiger partial charge in [-0.25, -0.2) is 9.59 Å². The Morgan fingerprint density at radius 1 is 0.650 bits per heavy atom. The Balaban J connectivity index is 2.87. The van der Waals surface area contributed by atoms with Crippen LogP contribution in [0.2, 0.25) is 0 Å². The van der Waals surface area contributed by atoms with Crippen molar-refractivity contribution >= 4 is 11.9 Å². The van der Waals surface area contributed by atoms with Crippen molar-refractivity contribution in [2.75, 3.05) is 39.6 Å². The first-order valence-electron chi connectivity index (χ1n) is 15.4. The number of benzene rings is 1. The van der Waals surface area contributed by atoms with E-state index in [2.05, 4.69) is 13.8 Å². The van der Waals surface area contributed by atoms with E-state index >= 15 is 0 Å². The predicted molar refractivity (Wildman–Crippen MR) is 158 cm³/mol. The van der Waals surface area contributed by atoms with Gasteiger partial charge >= 0.3 is 11.9 Å². The first-order valence-corrected chi connectivity index (χ1v) is 15.4. The first-order chi connectivity index (χ1) is 19.4. The maximum Gasteiger partial charge on any atom is 0.336 e. The topological polar surface area (TPSA) is 112 Å². The van der Waals surface area contributed by atoms with Gasteiger partial charge in [0.1, 0.15) is 0 Å². The van der Waals surface area contributed by atoms with Crippen LogP contribution in [0, 0.1) is 0 Å². The highest BCUT2D eigenvalue weighted by Gasteiger charge is 2.26. The minimum atomic E-state index is -1.25. The van der Waals surface area contributed by atoms with E-state index in [1.165, 1.54) is 38.2 Å². The van der Waals surface area contributed by atoms with Crippen molar-refractivity contribution in [1.82, 2.24) is 0 Å². The van der Waals surface area contributed by atoms with Crippen LogP contribution in [0.15, 0.2) is 12.1 Å². The summed E-state index contributed by atoms with van der Waals surface area (Å²) in [5.41, 5.74) is 0.921. The lowest BCUT2D eigenvalue weighted by Crippen LogP contribution is -2.24. The van der Waals surface area contributed by atoms with Crippen LogP contribution >= 0.6 is 0 Å². The number of carbonyl (C=O) groups is 2. The highest BCUT2D eigenvalue weighted by atomic mass is 16.5. The number of hydrogen-bond acceptors (Lipinski definition) is 6. The van der Waals surface area contributed by atoms with Crippen molar-refractivity contribution in [3.8, 4) is 0 Å². The molecule has 230 valence electrons. The Bertz CT molecular complexity index is 825. The van der Waals surface area contributed by atoms with E-state index in [1.807, 2.05) is 13.8 Å². The van der Waals surface area contributed by atoms with E-state index in [1.54, 1.807) is 6.07 Å². The fourth-order valence-corrected chi connectivity index (χ4v) is 4.67. The second-order valence-corrected chi connectivity index (χ2v) is 10.3. The Labute approximate surface area is 241 Å². The van der Waals surface area contributed by atoms with Gasteiger partial charge in [0.2, 0.25) is 0 Å². The number of carboxylic acid groups (broad SMARTS) is 2. The molecule has 1 rings (SSSR count). The van der Waals surface area contributed by atoms with E-state index in [0.29, 0.717) is 57.9 Å². The average molecular weight is 567 g/mol. The number of carboxylic acids is 2. The average Bonchev–Trinajstić information content (AvgIpc) is 2.94. The van der Waals surface area contributed by atoms with E-state index in [9.17, 15) is 19.8 Å². The summed E-state index contributed by atoms with van der Waals surface area (Å²) < 4.78 is 23.5. The molecule has 1 aromatic carbocycles. The van der Waals surface area contributed by atoms with Gasteiger partial charge in [-0.15, -0.1) is 0 Å². The highest BCUT2D eigenvalue weighted by molar-refractivity contribution is 6.03. The molecule has 0 aromatic heterocycles. The third kappa shape index (κ3) is 14.6. The molecule has 8 heteroatoms. The van der Waals surface area contributed by atoms with E-state index in [0.717, 1.165) is 37.9 Å². The first kappa shape index (κ1) is 36.0. The summed E-state index contributed by atoms with van der Waals surface area (Å²) in [6.07, 6.45) is 11.0. The molecule has 2 unspecified atom stereocenters. The van der Waals surface area contributed by atoms with Crippen LogP contribution in [-0.4, -0.2) is 74.0 Å². The smallest absolute Gasteiger partial charge is 0.336 e. The number of rotatable bonds is 26. The maximum absolute atomic E-state index is 12.3. The normalized spacial score (nSPS) is 12.9. The molecule has 0 amide bonds. The fraction of sp³-hybridized carbons (Fsp3) is 0.750. The van der Waals surface area contributed by atoms with Crippen molar-refractivity contribution in [3.63, 3.8) is 0 Å². The summed E-state index contributed by atoms with van der Waals surface area (Å²) in [5, 5.41) is 19.7. The monoisotopic (exact) mass is 566 g/mol. The Hall–Kier alpha value is -2.00. The Morgan fingerprint density at radius 3 is 1.62 bits per heavy atom. The molecule has 0 saturated heterocycles. The zero-order chi connectivity index (χ0) is 29.6. The van der Waals surface area contributed by atoms with Crippen molar-refractivity contribution in [2.24, 2.45) is 0 Å². The van der Waals surface area contributed by atoms with Gasteiger partial charge in [0.05, 0.1) is 49.8 Å².